The summed E-state index contributed by atoms with van der Waals surface area (Å²) < 4.78 is 27.8. The highest BCUT2D eigenvalue weighted by atomic mass is 32.2. The van der Waals surface area contributed by atoms with E-state index >= 15 is 0 Å². The van der Waals surface area contributed by atoms with Gasteiger partial charge in [-0.25, -0.2) is 13.1 Å². The zero-order chi connectivity index (χ0) is 15.3. The van der Waals surface area contributed by atoms with E-state index in [0.717, 1.165) is 16.7 Å². The Morgan fingerprint density at radius 1 is 1.14 bits per heavy atom. The van der Waals surface area contributed by atoms with Crippen LogP contribution in [0.3, 0.4) is 0 Å². The average molecular weight is 324 g/mol. The van der Waals surface area contributed by atoms with Crippen LogP contribution in [0, 0.1) is 0 Å². The molecule has 1 aromatic carbocycles. The molecule has 2 aromatic rings. The third-order valence-corrected chi connectivity index (χ3v) is 5.44. The Bertz CT molecular complexity index is 680. The zero-order valence-electron chi connectivity index (χ0n) is 12.2. The first kappa shape index (κ1) is 16.2. The average Bonchev–Trinajstić information content (AvgIpc) is 2.99. The molecule has 0 spiro atoms. The van der Waals surface area contributed by atoms with Crippen LogP contribution in [0.1, 0.15) is 23.6 Å². The summed E-state index contributed by atoms with van der Waals surface area (Å²) in [5.74, 6) is 0. The third kappa shape index (κ3) is 4.14. The standard InChI is InChI=1S/C15H20N2O2S2/c1-3-14-5-4-12(9-16-2)8-15(14)21(18,19)17-10-13-6-7-20-11-13/h4-8,11,16-17H,3,9-10H2,1-2H3. The van der Waals surface area contributed by atoms with E-state index < -0.39 is 10.0 Å². The van der Waals surface area contributed by atoms with Crippen LogP contribution >= 0.6 is 11.3 Å². The Hall–Kier alpha value is -1.21. The van der Waals surface area contributed by atoms with Gasteiger partial charge in [0, 0.05) is 13.1 Å². The third-order valence-electron chi connectivity index (χ3n) is 3.23. The number of thiophene rings is 1. The molecule has 21 heavy (non-hydrogen) atoms. The van der Waals surface area contributed by atoms with Gasteiger partial charge in [-0.05, 0) is 53.1 Å². The molecule has 0 aliphatic rings. The molecule has 0 aliphatic carbocycles. The molecule has 2 N–H and O–H groups in total. The first-order valence-electron chi connectivity index (χ1n) is 6.84. The summed E-state index contributed by atoms with van der Waals surface area (Å²) >= 11 is 1.56. The van der Waals surface area contributed by atoms with Crippen molar-refractivity contribution in [1.29, 1.82) is 0 Å². The van der Waals surface area contributed by atoms with Crippen molar-refractivity contribution in [2.45, 2.75) is 31.3 Å². The number of hydrogen-bond donors (Lipinski definition) is 2. The van der Waals surface area contributed by atoms with Gasteiger partial charge in [0.1, 0.15) is 0 Å². The van der Waals surface area contributed by atoms with Gasteiger partial charge in [-0.2, -0.15) is 11.3 Å². The molecule has 0 saturated carbocycles. The molecule has 0 amide bonds. The number of sulfonamides is 1. The summed E-state index contributed by atoms with van der Waals surface area (Å²) in [5.41, 5.74) is 2.78. The van der Waals surface area contributed by atoms with E-state index in [9.17, 15) is 8.42 Å². The minimum atomic E-state index is -3.49. The molecule has 1 heterocycles. The largest absolute Gasteiger partial charge is 0.316 e. The topological polar surface area (TPSA) is 58.2 Å². The highest BCUT2D eigenvalue weighted by Crippen LogP contribution is 2.19. The van der Waals surface area contributed by atoms with Gasteiger partial charge in [0.05, 0.1) is 4.90 Å². The Balaban J connectivity index is 2.26. The van der Waals surface area contributed by atoms with Crippen molar-refractivity contribution >= 4 is 21.4 Å². The monoisotopic (exact) mass is 324 g/mol. The molecule has 0 radical (unpaired) electrons. The summed E-state index contributed by atoms with van der Waals surface area (Å²) in [6.07, 6.45) is 0.689. The second kappa shape index (κ2) is 7.17. The van der Waals surface area contributed by atoms with Crippen LogP contribution in [0.4, 0.5) is 0 Å². The van der Waals surface area contributed by atoms with Crippen LogP contribution in [0.15, 0.2) is 39.9 Å². The Morgan fingerprint density at radius 3 is 2.57 bits per heavy atom. The minimum Gasteiger partial charge on any atom is -0.316 e. The lowest BCUT2D eigenvalue weighted by atomic mass is 10.1. The molecule has 1 aromatic heterocycles. The summed E-state index contributed by atoms with van der Waals surface area (Å²) in [6.45, 7) is 2.94. The fraction of sp³-hybridized carbons (Fsp3) is 0.333. The fourth-order valence-electron chi connectivity index (χ4n) is 2.10. The number of benzene rings is 1. The van der Waals surface area contributed by atoms with E-state index in [1.807, 2.05) is 42.9 Å². The number of nitrogens with one attached hydrogen (secondary N) is 2. The van der Waals surface area contributed by atoms with Crippen LogP contribution in [-0.2, 0) is 29.5 Å². The Labute approximate surface area is 130 Å². The molecule has 0 bridgehead atoms. The second-order valence-electron chi connectivity index (χ2n) is 4.78. The summed E-state index contributed by atoms with van der Waals surface area (Å²) in [4.78, 5) is 0.382. The van der Waals surface area contributed by atoms with E-state index in [1.54, 1.807) is 17.4 Å². The molecule has 0 unspecified atom stereocenters. The van der Waals surface area contributed by atoms with Gasteiger partial charge >= 0.3 is 0 Å². The predicted molar refractivity (Wildman–Crippen MR) is 86.9 cm³/mol. The molecular formula is C15H20N2O2S2. The van der Waals surface area contributed by atoms with Crippen molar-refractivity contribution in [2.24, 2.45) is 0 Å². The SMILES string of the molecule is CCc1ccc(CNC)cc1S(=O)(=O)NCc1ccsc1. The van der Waals surface area contributed by atoms with Crippen molar-refractivity contribution < 1.29 is 8.42 Å². The van der Waals surface area contributed by atoms with Gasteiger partial charge in [-0.3, -0.25) is 0 Å². The molecule has 0 atom stereocenters. The van der Waals surface area contributed by atoms with Gasteiger partial charge in [-0.1, -0.05) is 19.1 Å². The van der Waals surface area contributed by atoms with Gasteiger partial charge in [0.2, 0.25) is 10.0 Å². The van der Waals surface area contributed by atoms with Crippen molar-refractivity contribution in [1.82, 2.24) is 10.0 Å². The van der Waals surface area contributed by atoms with Crippen LogP contribution < -0.4 is 10.0 Å². The van der Waals surface area contributed by atoms with Gasteiger partial charge in [0.15, 0.2) is 0 Å². The maximum absolute atomic E-state index is 12.5. The zero-order valence-corrected chi connectivity index (χ0v) is 13.9. The molecule has 0 fully saturated rings. The van der Waals surface area contributed by atoms with Crippen LogP contribution in [-0.4, -0.2) is 15.5 Å². The fourth-order valence-corrected chi connectivity index (χ4v) is 4.15. The highest BCUT2D eigenvalue weighted by molar-refractivity contribution is 7.89. The normalized spacial score (nSPS) is 11.7. The predicted octanol–water partition coefficient (Wildman–Crippen LogP) is 2.51. The number of hydrogen-bond acceptors (Lipinski definition) is 4. The molecule has 6 heteroatoms. The molecule has 0 aliphatic heterocycles. The second-order valence-corrected chi connectivity index (χ2v) is 7.30. The molecule has 4 nitrogen and oxygen atoms in total. The smallest absolute Gasteiger partial charge is 0.241 e. The maximum atomic E-state index is 12.5. The van der Waals surface area contributed by atoms with Gasteiger partial charge in [-0.15, -0.1) is 0 Å². The lowest BCUT2D eigenvalue weighted by molar-refractivity contribution is 0.580. The summed E-state index contributed by atoms with van der Waals surface area (Å²) in [5, 5.41) is 6.92. The summed E-state index contributed by atoms with van der Waals surface area (Å²) in [7, 11) is -1.65. The van der Waals surface area contributed by atoms with E-state index in [-0.39, 0.29) is 0 Å². The number of rotatable bonds is 7. The lowest BCUT2D eigenvalue weighted by Crippen LogP contribution is -2.24. The maximum Gasteiger partial charge on any atom is 0.241 e. The molecule has 2 rings (SSSR count). The first-order valence-corrected chi connectivity index (χ1v) is 9.26. The lowest BCUT2D eigenvalue weighted by Gasteiger charge is -2.12. The van der Waals surface area contributed by atoms with E-state index in [0.29, 0.717) is 24.4 Å². The van der Waals surface area contributed by atoms with Crippen molar-refractivity contribution in [3.05, 3.63) is 51.7 Å². The molecular weight excluding hydrogens is 304 g/mol. The van der Waals surface area contributed by atoms with Crippen molar-refractivity contribution in [3.63, 3.8) is 0 Å². The van der Waals surface area contributed by atoms with E-state index in [4.69, 9.17) is 0 Å². The van der Waals surface area contributed by atoms with E-state index in [2.05, 4.69) is 10.0 Å². The highest BCUT2D eigenvalue weighted by Gasteiger charge is 2.18. The Kier molecular flexibility index (Phi) is 5.52. The van der Waals surface area contributed by atoms with Crippen LogP contribution in [0.5, 0.6) is 0 Å². The van der Waals surface area contributed by atoms with Crippen LogP contribution in [0.2, 0.25) is 0 Å². The first-order chi connectivity index (χ1) is 10.1. The van der Waals surface area contributed by atoms with Crippen LogP contribution in [0.25, 0.3) is 0 Å². The quantitative estimate of drug-likeness (QED) is 0.823. The molecule has 0 saturated heterocycles. The van der Waals surface area contributed by atoms with Crippen molar-refractivity contribution in [3.8, 4) is 0 Å². The summed E-state index contributed by atoms with van der Waals surface area (Å²) in [6, 6.07) is 7.54. The molecule has 114 valence electrons. The van der Waals surface area contributed by atoms with E-state index in [1.165, 1.54) is 0 Å². The Morgan fingerprint density at radius 2 is 1.95 bits per heavy atom. The minimum absolute atomic E-state index is 0.325. The number of aryl methyl sites for hydroxylation is 1. The van der Waals surface area contributed by atoms with Gasteiger partial charge in [0.25, 0.3) is 0 Å². The van der Waals surface area contributed by atoms with Gasteiger partial charge < -0.3 is 5.32 Å². The van der Waals surface area contributed by atoms with Crippen molar-refractivity contribution in [2.75, 3.05) is 7.05 Å².